The van der Waals surface area contributed by atoms with Gasteiger partial charge in [0.2, 0.25) is 0 Å². The molecule has 0 bridgehead atoms. The highest BCUT2D eigenvalue weighted by Crippen LogP contribution is 2.32. The first-order chi connectivity index (χ1) is 13.9. The number of alkyl halides is 2. The first-order valence-electron chi connectivity index (χ1n) is 9.74. The number of alkyl carbamates (subject to hydrolysis) is 1. The van der Waals surface area contributed by atoms with Crippen LogP contribution in [0.4, 0.5) is 10.5 Å². The smallest absolute Gasteiger partial charge is 0.407 e. The lowest BCUT2D eigenvalue weighted by molar-refractivity contribution is -0.138. The number of carbonyl (C=O) groups is 2. The number of ether oxygens (including phenoxy) is 1. The Hall–Kier alpha value is -1.70. The Morgan fingerprint density at radius 2 is 1.83 bits per heavy atom. The Balaban J connectivity index is 3.12. The molecule has 0 aliphatic rings. The second-order valence-electron chi connectivity index (χ2n) is 8.30. The minimum atomic E-state index is -0.957. The monoisotopic (exact) mass is 462 g/mol. The number of rotatable bonds is 11. The van der Waals surface area contributed by atoms with E-state index in [-0.39, 0.29) is 13.0 Å². The summed E-state index contributed by atoms with van der Waals surface area (Å²) in [6.07, 6.45) is -0.743. The molecule has 0 saturated heterocycles. The average Bonchev–Trinajstić information content (AvgIpc) is 2.61. The van der Waals surface area contributed by atoms with Crippen molar-refractivity contribution in [2.24, 2.45) is 0 Å². The van der Waals surface area contributed by atoms with Crippen molar-refractivity contribution in [2.45, 2.75) is 52.1 Å². The van der Waals surface area contributed by atoms with Gasteiger partial charge in [-0.1, -0.05) is 13.0 Å². The van der Waals surface area contributed by atoms with Gasteiger partial charge >= 0.3 is 12.1 Å². The fourth-order valence-electron chi connectivity index (χ4n) is 3.14. The topological polar surface area (TPSA) is 88.1 Å². The van der Waals surface area contributed by atoms with Gasteiger partial charge in [0, 0.05) is 23.7 Å². The molecule has 2 N–H and O–H groups in total. The van der Waals surface area contributed by atoms with Crippen molar-refractivity contribution in [3.63, 3.8) is 0 Å². The molecule has 0 aliphatic carbocycles. The van der Waals surface area contributed by atoms with E-state index >= 15 is 0 Å². The number of anilines is 1. The molecular weight excluding hydrogens is 431 g/mol. The summed E-state index contributed by atoms with van der Waals surface area (Å²) in [6.45, 7) is 9.94. The van der Waals surface area contributed by atoms with E-state index in [9.17, 15) is 14.7 Å². The molecule has 0 saturated carbocycles. The molecule has 170 valence electrons. The van der Waals surface area contributed by atoms with E-state index in [2.05, 4.69) is 5.32 Å². The van der Waals surface area contributed by atoms with Gasteiger partial charge < -0.3 is 15.2 Å². The average molecular weight is 463 g/mol. The van der Waals surface area contributed by atoms with Gasteiger partial charge in [0.05, 0.1) is 25.3 Å². The summed E-state index contributed by atoms with van der Waals surface area (Å²) in [5.41, 5.74) is 1.00. The summed E-state index contributed by atoms with van der Waals surface area (Å²) in [5, 5.41) is 13.8. The summed E-state index contributed by atoms with van der Waals surface area (Å²) < 4.78 is 5.28. The molecule has 0 aliphatic heterocycles. The van der Waals surface area contributed by atoms with Crippen LogP contribution in [0.15, 0.2) is 18.2 Å². The van der Waals surface area contributed by atoms with E-state index in [1.54, 1.807) is 32.8 Å². The zero-order valence-electron chi connectivity index (χ0n) is 18.3. The van der Waals surface area contributed by atoms with Crippen LogP contribution in [0.3, 0.4) is 0 Å². The molecule has 0 heterocycles. The Morgan fingerprint density at radius 3 is 2.33 bits per heavy atom. The third kappa shape index (κ3) is 8.58. The van der Waals surface area contributed by atoms with Crippen molar-refractivity contribution in [1.29, 1.82) is 0 Å². The lowest BCUT2D eigenvalue weighted by Crippen LogP contribution is -2.42. The third-order valence-corrected chi connectivity index (χ3v) is 4.65. The predicted octanol–water partition coefficient (Wildman–Crippen LogP) is 4.47. The number of amides is 1. The summed E-state index contributed by atoms with van der Waals surface area (Å²) in [6, 6.07) is 5.61. The van der Waals surface area contributed by atoms with Crippen LogP contribution < -0.4 is 10.4 Å². The van der Waals surface area contributed by atoms with Crippen LogP contribution in [0.2, 0.25) is 0 Å². The van der Waals surface area contributed by atoms with Crippen LogP contribution in [-0.4, -0.2) is 54.2 Å². The van der Waals surface area contributed by atoms with Gasteiger partial charge in [0.25, 0.3) is 0 Å². The summed E-state index contributed by atoms with van der Waals surface area (Å²) in [5.74, 6) is -0.233. The fraction of sp³-hybridized carbons (Fsp3) is 0.619. The highest BCUT2D eigenvalue weighted by atomic mass is 35.5. The number of carbonyl (C=O) groups excluding carboxylic acids is 1. The number of aliphatic carboxylic acids is 1. The standard InChI is InChI=1S/C21H32Cl2N2O5/c1-15-12-16(25(10-8-22)29-11-9-23)6-7-17(15)21(5,13-18(26)27)14-24-19(28)30-20(2,3)4/h6-7,12H,8-11,13-14H2,1-5H3,(H,24,28)(H,26,27). The molecule has 7 nitrogen and oxygen atoms in total. The normalized spacial score (nSPS) is 13.4. The first-order valence-corrected chi connectivity index (χ1v) is 10.8. The summed E-state index contributed by atoms with van der Waals surface area (Å²) in [7, 11) is 0. The van der Waals surface area contributed by atoms with Crippen molar-refractivity contribution in [3.8, 4) is 0 Å². The lowest BCUT2D eigenvalue weighted by Gasteiger charge is -2.32. The van der Waals surface area contributed by atoms with Gasteiger partial charge in [-0.15, -0.1) is 23.2 Å². The van der Waals surface area contributed by atoms with E-state index in [0.717, 1.165) is 16.8 Å². The van der Waals surface area contributed by atoms with Crippen LogP contribution in [0.5, 0.6) is 0 Å². The number of benzene rings is 1. The molecule has 1 unspecified atom stereocenters. The maximum atomic E-state index is 12.1. The quantitative estimate of drug-likeness (QED) is 0.372. The largest absolute Gasteiger partial charge is 0.481 e. The molecule has 1 rings (SSSR count). The van der Waals surface area contributed by atoms with Crippen molar-refractivity contribution >= 4 is 41.0 Å². The van der Waals surface area contributed by atoms with E-state index in [1.165, 1.54) is 0 Å². The maximum absolute atomic E-state index is 12.1. The van der Waals surface area contributed by atoms with Gasteiger partial charge in [0.1, 0.15) is 5.60 Å². The number of nitrogens with zero attached hydrogens (tertiary/aromatic N) is 1. The number of nitrogens with one attached hydrogen (secondary N) is 1. The molecule has 1 aromatic carbocycles. The number of carboxylic acids is 1. The highest BCUT2D eigenvalue weighted by molar-refractivity contribution is 6.18. The Bertz CT molecular complexity index is 724. The van der Waals surface area contributed by atoms with Gasteiger partial charge in [-0.3, -0.25) is 14.7 Å². The van der Waals surface area contributed by atoms with E-state index in [0.29, 0.717) is 24.9 Å². The number of hydroxylamine groups is 1. The number of carboxylic acid groups (broad SMARTS) is 1. The molecule has 30 heavy (non-hydrogen) atoms. The molecule has 9 heteroatoms. The molecule has 1 aromatic rings. The molecule has 1 atom stereocenters. The zero-order chi connectivity index (χ0) is 22.9. The minimum absolute atomic E-state index is 0.114. The Labute approximate surface area is 188 Å². The minimum Gasteiger partial charge on any atom is -0.481 e. The van der Waals surface area contributed by atoms with Crippen LogP contribution in [-0.2, 0) is 19.8 Å². The second kappa shape index (κ2) is 11.6. The molecule has 0 fully saturated rings. The second-order valence-corrected chi connectivity index (χ2v) is 9.06. The molecular formula is C21H32Cl2N2O5. The van der Waals surface area contributed by atoms with Crippen LogP contribution in [0.1, 0.15) is 45.2 Å². The number of hydrogen-bond donors (Lipinski definition) is 2. The molecule has 0 radical (unpaired) electrons. The number of aryl methyl sites for hydroxylation is 1. The van der Waals surface area contributed by atoms with Crippen molar-refractivity contribution in [1.82, 2.24) is 5.32 Å². The van der Waals surface area contributed by atoms with Gasteiger partial charge in [-0.05, 0) is 51.0 Å². The van der Waals surface area contributed by atoms with Crippen LogP contribution >= 0.6 is 23.2 Å². The summed E-state index contributed by atoms with van der Waals surface area (Å²) >= 11 is 11.6. The van der Waals surface area contributed by atoms with E-state index in [1.807, 2.05) is 25.1 Å². The van der Waals surface area contributed by atoms with Gasteiger partial charge in [0.15, 0.2) is 0 Å². The zero-order valence-corrected chi connectivity index (χ0v) is 19.8. The van der Waals surface area contributed by atoms with Crippen molar-refractivity contribution < 1.29 is 24.3 Å². The first kappa shape index (κ1) is 26.3. The van der Waals surface area contributed by atoms with Crippen LogP contribution in [0, 0.1) is 6.92 Å². The molecule has 0 spiro atoms. The highest BCUT2D eigenvalue weighted by Gasteiger charge is 2.32. The van der Waals surface area contributed by atoms with E-state index in [4.69, 9.17) is 32.8 Å². The van der Waals surface area contributed by atoms with Gasteiger partial charge in [-0.25, -0.2) is 4.79 Å². The van der Waals surface area contributed by atoms with Crippen molar-refractivity contribution in [3.05, 3.63) is 29.3 Å². The lowest BCUT2D eigenvalue weighted by atomic mass is 9.77. The predicted molar refractivity (Wildman–Crippen MR) is 120 cm³/mol. The maximum Gasteiger partial charge on any atom is 0.407 e. The van der Waals surface area contributed by atoms with Crippen LogP contribution in [0.25, 0.3) is 0 Å². The number of hydrogen-bond acceptors (Lipinski definition) is 5. The fourth-order valence-corrected chi connectivity index (χ4v) is 3.36. The molecule has 1 amide bonds. The number of halogens is 2. The Morgan fingerprint density at radius 1 is 1.17 bits per heavy atom. The van der Waals surface area contributed by atoms with Crippen molar-refractivity contribution in [2.75, 3.05) is 36.5 Å². The SMILES string of the molecule is Cc1cc(N(CCCl)OCCCl)ccc1C(C)(CNC(=O)OC(C)(C)C)CC(=O)O. The summed E-state index contributed by atoms with van der Waals surface area (Å²) in [4.78, 5) is 29.3. The third-order valence-electron chi connectivity index (χ3n) is 4.32. The van der Waals surface area contributed by atoms with Gasteiger partial charge in [-0.2, -0.15) is 0 Å². The van der Waals surface area contributed by atoms with E-state index < -0.39 is 23.1 Å². The Kier molecular flexibility index (Phi) is 10.2. The molecule has 0 aromatic heterocycles.